The first-order valence-corrected chi connectivity index (χ1v) is 5.84. The van der Waals surface area contributed by atoms with E-state index >= 15 is 0 Å². The molecule has 3 nitrogen and oxygen atoms in total. The highest BCUT2D eigenvalue weighted by Gasteiger charge is 2.24. The third-order valence-corrected chi connectivity index (χ3v) is 3.06. The molecule has 0 aromatic rings. The van der Waals surface area contributed by atoms with Crippen LogP contribution in [0.4, 0.5) is 0 Å². The quantitative estimate of drug-likeness (QED) is 0.616. The van der Waals surface area contributed by atoms with E-state index in [9.17, 15) is 5.11 Å². The average Bonchev–Trinajstić information content (AvgIpc) is 2.19. The Bertz CT molecular complexity index is 187. The van der Waals surface area contributed by atoms with Gasteiger partial charge in [-0.15, -0.1) is 0 Å². The lowest BCUT2D eigenvalue weighted by atomic mass is 9.85. The van der Waals surface area contributed by atoms with Crippen molar-refractivity contribution < 1.29 is 5.11 Å². The number of hydrogen-bond acceptors (Lipinski definition) is 2. The van der Waals surface area contributed by atoms with Gasteiger partial charge >= 0.3 is 0 Å². The Labute approximate surface area is 91.3 Å². The average molecular weight is 216 g/mol. The molecular weight excluding hydrogens is 196 g/mol. The lowest BCUT2D eigenvalue weighted by Crippen LogP contribution is -2.47. The van der Waals surface area contributed by atoms with E-state index in [2.05, 4.69) is 10.6 Å². The van der Waals surface area contributed by atoms with Gasteiger partial charge in [0.05, 0.1) is 0 Å². The molecule has 14 heavy (non-hydrogen) atoms. The van der Waals surface area contributed by atoms with Crippen molar-refractivity contribution in [2.24, 2.45) is 5.92 Å². The maximum atomic E-state index is 9.20. The Morgan fingerprint density at radius 1 is 1.43 bits per heavy atom. The van der Waals surface area contributed by atoms with Crippen LogP contribution in [-0.4, -0.2) is 29.4 Å². The molecule has 0 unspecified atom stereocenters. The summed E-state index contributed by atoms with van der Waals surface area (Å²) in [6, 6.07) is 0.361. The van der Waals surface area contributed by atoms with Gasteiger partial charge in [0.15, 0.2) is 5.11 Å². The van der Waals surface area contributed by atoms with Gasteiger partial charge in [0.25, 0.3) is 0 Å². The van der Waals surface area contributed by atoms with Crippen LogP contribution in [0.5, 0.6) is 0 Å². The first-order chi connectivity index (χ1) is 6.77. The molecule has 0 amide bonds. The summed E-state index contributed by atoms with van der Waals surface area (Å²) in [6.07, 6.45) is 4.71. The van der Waals surface area contributed by atoms with Gasteiger partial charge in [0.1, 0.15) is 0 Å². The zero-order valence-corrected chi connectivity index (χ0v) is 9.57. The molecule has 0 saturated heterocycles. The van der Waals surface area contributed by atoms with Crippen molar-refractivity contribution in [2.45, 2.75) is 38.6 Å². The Kier molecular flexibility index (Phi) is 5.19. The number of aliphatic hydroxyl groups is 1. The molecule has 0 radical (unpaired) electrons. The Balaban J connectivity index is 2.36. The molecule has 2 atom stereocenters. The maximum Gasteiger partial charge on any atom is 0.166 e. The SMILES string of the molecule is CCNC(=S)N[C@H]1CCCC[C@@H]1CO. The van der Waals surface area contributed by atoms with Crippen LogP contribution in [0.2, 0.25) is 0 Å². The lowest BCUT2D eigenvalue weighted by Gasteiger charge is -2.31. The van der Waals surface area contributed by atoms with Crippen LogP contribution in [0.1, 0.15) is 32.6 Å². The van der Waals surface area contributed by atoms with E-state index in [1.807, 2.05) is 6.92 Å². The van der Waals surface area contributed by atoms with E-state index in [-0.39, 0.29) is 6.61 Å². The van der Waals surface area contributed by atoms with Crippen molar-refractivity contribution >= 4 is 17.3 Å². The monoisotopic (exact) mass is 216 g/mol. The van der Waals surface area contributed by atoms with E-state index in [0.29, 0.717) is 12.0 Å². The summed E-state index contributed by atoms with van der Waals surface area (Å²) in [5, 5.41) is 16.3. The van der Waals surface area contributed by atoms with Crippen molar-refractivity contribution in [1.29, 1.82) is 0 Å². The topological polar surface area (TPSA) is 44.3 Å². The van der Waals surface area contributed by atoms with Crippen LogP contribution >= 0.6 is 12.2 Å². The highest BCUT2D eigenvalue weighted by molar-refractivity contribution is 7.80. The number of nitrogens with one attached hydrogen (secondary N) is 2. The van der Waals surface area contributed by atoms with E-state index in [4.69, 9.17) is 12.2 Å². The summed E-state index contributed by atoms with van der Waals surface area (Å²) in [5.74, 6) is 0.375. The zero-order valence-electron chi connectivity index (χ0n) is 8.75. The molecule has 0 spiro atoms. The first-order valence-electron chi connectivity index (χ1n) is 5.43. The van der Waals surface area contributed by atoms with Crippen molar-refractivity contribution in [1.82, 2.24) is 10.6 Å². The second kappa shape index (κ2) is 6.19. The van der Waals surface area contributed by atoms with Crippen molar-refractivity contribution in [3.05, 3.63) is 0 Å². The van der Waals surface area contributed by atoms with Gasteiger partial charge in [0, 0.05) is 25.1 Å². The number of aliphatic hydroxyl groups excluding tert-OH is 1. The number of thiocarbonyl (C=S) groups is 1. The Hall–Kier alpha value is -0.350. The summed E-state index contributed by atoms with van der Waals surface area (Å²) in [7, 11) is 0. The molecule has 3 N–H and O–H groups in total. The van der Waals surface area contributed by atoms with Crippen LogP contribution in [0, 0.1) is 5.92 Å². The van der Waals surface area contributed by atoms with Gasteiger partial charge in [-0.2, -0.15) is 0 Å². The normalized spacial score (nSPS) is 27.0. The van der Waals surface area contributed by atoms with Gasteiger partial charge in [-0.1, -0.05) is 12.8 Å². The molecule has 1 aliphatic carbocycles. The maximum absolute atomic E-state index is 9.20. The van der Waals surface area contributed by atoms with E-state index in [1.165, 1.54) is 12.8 Å². The van der Waals surface area contributed by atoms with Gasteiger partial charge in [-0.25, -0.2) is 0 Å². The molecule has 0 aromatic carbocycles. The Morgan fingerprint density at radius 3 is 2.79 bits per heavy atom. The van der Waals surface area contributed by atoms with Crippen LogP contribution < -0.4 is 10.6 Å². The number of rotatable bonds is 3. The second-order valence-corrected chi connectivity index (χ2v) is 4.25. The smallest absolute Gasteiger partial charge is 0.166 e. The predicted octanol–water partition coefficient (Wildman–Crippen LogP) is 1.02. The number of hydrogen-bond donors (Lipinski definition) is 3. The van der Waals surface area contributed by atoms with Crippen LogP contribution in [0.25, 0.3) is 0 Å². The molecule has 1 fully saturated rings. The van der Waals surface area contributed by atoms with Gasteiger partial charge < -0.3 is 15.7 Å². The minimum absolute atomic E-state index is 0.270. The van der Waals surface area contributed by atoms with Crippen molar-refractivity contribution in [2.75, 3.05) is 13.2 Å². The van der Waals surface area contributed by atoms with Crippen molar-refractivity contribution in [3.63, 3.8) is 0 Å². The summed E-state index contributed by atoms with van der Waals surface area (Å²) < 4.78 is 0. The third kappa shape index (κ3) is 3.42. The van der Waals surface area contributed by atoms with Gasteiger partial charge in [-0.3, -0.25) is 0 Å². The first kappa shape index (κ1) is 11.7. The third-order valence-electron chi connectivity index (χ3n) is 2.80. The minimum atomic E-state index is 0.270. The summed E-state index contributed by atoms with van der Waals surface area (Å²) in [4.78, 5) is 0. The van der Waals surface area contributed by atoms with Crippen LogP contribution in [0.15, 0.2) is 0 Å². The molecular formula is C10H20N2OS. The summed E-state index contributed by atoms with van der Waals surface area (Å²) in [6.45, 7) is 3.15. The van der Waals surface area contributed by atoms with Gasteiger partial charge in [-0.05, 0) is 32.0 Å². The molecule has 0 bridgehead atoms. The minimum Gasteiger partial charge on any atom is -0.396 e. The fourth-order valence-corrected chi connectivity index (χ4v) is 2.29. The van der Waals surface area contributed by atoms with E-state index in [1.54, 1.807) is 0 Å². The summed E-state index contributed by atoms with van der Waals surface area (Å²) in [5.41, 5.74) is 0. The van der Waals surface area contributed by atoms with Crippen molar-refractivity contribution in [3.8, 4) is 0 Å². The van der Waals surface area contributed by atoms with Crippen LogP contribution in [-0.2, 0) is 0 Å². The fourth-order valence-electron chi connectivity index (χ4n) is 2.00. The molecule has 1 saturated carbocycles. The molecule has 0 aliphatic heterocycles. The van der Waals surface area contributed by atoms with E-state index < -0.39 is 0 Å². The molecule has 1 aliphatic rings. The fraction of sp³-hybridized carbons (Fsp3) is 0.900. The summed E-state index contributed by atoms with van der Waals surface area (Å²) >= 11 is 5.13. The molecule has 0 aromatic heterocycles. The standard InChI is InChI=1S/C10H20N2OS/c1-2-11-10(14)12-9-6-4-3-5-8(9)7-13/h8-9,13H,2-7H2,1H3,(H2,11,12,14)/t8-,9+/m1/s1. The highest BCUT2D eigenvalue weighted by Crippen LogP contribution is 2.23. The zero-order chi connectivity index (χ0) is 10.4. The second-order valence-electron chi connectivity index (χ2n) is 3.84. The van der Waals surface area contributed by atoms with Gasteiger partial charge in [0.2, 0.25) is 0 Å². The largest absolute Gasteiger partial charge is 0.396 e. The predicted molar refractivity (Wildman–Crippen MR) is 62.2 cm³/mol. The lowest BCUT2D eigenvalue weighted by molar-refractivity contribution is 0.162. The Morgan fingerprint density at radius 2 is 2.14 bits per heavy atom. The molecule has 82 valence electrons. The molecule has 1 rings (SSSR count). The van der Waals surface area contributed by atoms with E-state index in [0.717, 1.165) is 24.5 Å². The highest BCUT2D eigenvalue weighted by atomic mass is 32.1. The molecule has 4 heteroatoms. The molecule has 0 heterocycles. The van der Waals surface area contributed by atoms with Crippen LogP contribution in [0.3, 0.4) is 0 Å².